The van der Waals surface area contributed by atoms with Gasteiger partial charge in [-0.3, -0.25) is 0 Å². The number of hydrogen-bond donors (Lipinski definition) is 0. The highest BCUT2D eigenvalue weighted by Crippen LogP contribution is 2.36. The molecule has 2 nitrogen and oxygen atoms in total. The predicted molar refractivity (Wildman–Crippen MR) is 125 cm³/mol. The van der Waals surface area contributed by atoms with Crippen LogP contribution >= 0.6 is 11.3 Å². The first-order valence-corrected chi connectivity index (χ1v) is 11.3. The van der Waals surface area contributed by atoms with Crippen LogP contribution in [0.25, 0.3) is 0 Å². The highest BCUT2D eigenvalue weighted by molar-refractivity contribution is 7.10. The largest absolute Gasteiger partial charge is 0.372 e. The van der Waals surface area contributed by atoms with Crippen molar-refractivity contribution >= 4 is 22.7 Å². The molecular weight excluding hydrogens is 360 g/mol. The van der Waals surface area contributed by atoms with Gasteiger partial charge >= 0.3 is 0 Å². The zero-order chi connectivity index (χ0) is 19.9. The monoisotopic (exact) mass is 392 g/mol. The number of rotatable bonds is 9. The average Bonchev–Trinajstić information content (AvgIpc) is 3.26. The Morgan fingerprint density at radius 2 is 1.07 bits per heavy atom. The molecule has 0 saturated heterocycles. The van der Waals surface area contributed by atoms with Gasteiger partial charge in [-0.05, 0) is 74.5 Å². The number of nitrogens with zero attached hydrogens (tertiary/aromatic N) is 2. The number of hydrogen-bond acceptors (Lipinski definition) is 3. The van der Waals surface area contributed by atoms with Crippen LogP contribution in [0.2, 0.25) is 0 Å². The van der Waals surface area contributed by atoms with E-state index in [4.69, 9.17) is 0 Å². The summed E-state index contributed by atoms with van der Waals surface area (Å²) >= 11 is 1.84. The predicted octanol–water partition coefficient (Wildman–Crippen LogP) is 6.62. The van der Waals surface area contributed by atoms with E-state index in [9.17, 15) is 0 Å². The number of thiophene rings is 1. The third kappa shape index (κ3) is 4.41. The molecule has 0 bridgehead atoms. The fourth-order valence-corrected chi connectivity index (χ4v) is 4.79. The van der Waals surface area contributed by atoms with Crippen molar-refractivity contribution < 1.29 is 0 Å². The summed E-state index contributed by atoms with van der Waals surface area (Å²) in [4.78, 5) is 6.18. The van der Waals surface area contributed by atoms with Gasteiger partial charge in [0.2, 0.25) is 0 Å². The Kier molecular flexibility index (Phi) is 7.16. The maximum Gasteiger partial charge on any atom is 0.0433 e. The van der Waals surface area contributed by atoms with Crippen LogP contribution in [-0.4, -0.2) is 26.2 Å². The summed E-state index contributed by atoms with van der Waals surface area (Å²) in [6, 6.07) is 22.7. The molecule has 0 radical (unpaired) electrons. The molecule has 0 aliphatic rings. The zero-order valence-electron chi connectivity index (χ0n) is 17.6. The van der Waals surface area contributed by atoms with Gasteiger partial charge in [0.1, 0.15) is 0 Å². The first kappa shape index (κ1) is 20.5. The first-order chi connectivity index (χ1) is 13.7. The topological polar surface area (TPSA) is 6.48 Å². The molecule has 1 aromatic heterocycles. The standard InChI is InChI=1S/C25H32N2S/c1-5-26(6-2)22-15-11-20(12-16-22)25(24-10-9-19-28-24)21-13-17-23(18-14-21)27(7-3)8-4/h9-19,25H,5-8H2,1-4H3. The van der Waals surface area contributed by atoms with Gasteiger partial charge < -0.3 is 9.80 Å². The second kappa shape index (κ2) is 9.79. The number of benzene rings is 2. The van der Waals surface area contributed by atoms with Crippen LogP contribution in [0.1, 0.15) is 49.6 Å². The van der Waals surface area contributed by atoms with Crippen LogP contribution < -0.4 is 9.80 Å². The normalized spacial score (nSPS) is 11.0. The summed E-state index contributed by atoms with van der Waals surface area (Å²) in [5.74, 6) is 0.288. The molecule has 28 heavy (non-hydrogen) atoms. The van der Waals surface area contributed by atoms with Crippen LogP contribution in [0.15, 0.2) is 66.0 Å². The van der Waals surface area contributed by atoms with E-state index in [0.717, 1.165) is 26.2 Å². The van der Waals surface area contributed by atoms with Gasteiger partial charge in [0.25, 0.3) is 0 Å². The van der Waals surface area contributed by atoms with Crippen molar-refractivity contribution in [2.45, 2.75) is 33.6 Å². The van der Waals surface area contributed by atoms with E-state index < -0.39 is 0 Å². The molecule has 1 heterocycles. The lowest BCUT2D eigenvalue weighted by Gasteiger charge is -2.24. The molecule has 0 amide bonds. The summed E-state index contributed by atoms with van der Waals surface area (Å²) in [7, 11) is 0. The fraction of sp³-hybridized carbons (Fsp3) is 0.360. The molecule has 148 valence electrons. The summed E-state index contributed by atoms with van der Waals surface area (Å²) < 4.78 is 0. The van der Waals surface area contributed by atoms with Crippen LogP contribution in [-0.2, 0) is 0 Å². The minimum atomic E-state index is 0.288. The molecule has 3 heteroatoms. The van der Waals surface area contributed by atoms with Gasteiger partial charge in [-0.15, -0.1) is 11.3 Å². The van der Waals surface area contributed by atoms with Gasteiger partial charge in [0.05, 0.1) is 0 Å². The SMILES string of the molecule is CCN(CC)c1ccc(C(c2ccc(N(CC)CC)cc2)c2cccs2)cc1. The second-order valence-electron chi connectivity index (χ2n) is 6.98. The van der Waals surface area contributed by atoms with Crippen molar-refractivity contribution in [3.05, 3.63) is 82.0 Å². The smallest absolute Gasteiger partial charge is 0.0433 e. The van der Waals surface area contributed by atoms with E-state index >= 15 is 0 Å². The molecule has 0 atom stereocenters. The van der Waals surface area contributed by atoms with E-state index in [-0.39, 0.29) is 5.92 Å². The van der Waals surface area contributed by atoms with E-state index in [2.05, 4.69) is 104 Å². The Labute approximate surface area is 174 Å². The van der Waals surface area contributed by atoms with Gasteiger partial charge in [0, 0.05) is 48.3 Å². The maximum absolute atomic E-state index is 2.39. The first-order valence-electron chi connectivity index (χ1n) is 10.4. The molecule has 0 unspecified atom stereocenters. The van der Waals surface area contributed by atoms with Crippen molar-refractivity contribution in [3.63, 3.8) is 0 Å². The lowest BCUT2D eigenvalue weighted by Crippen LogP contribution is -2.21. The molecule has 0 aliphatic carbocycles. The van der Waals surface area contributed by atoms with Crippen molar-refractivity contribution in [2.24, 2.45) is 0 Å². The van der Waals surface area contributed by atoms with E-state index in [1.807, 2.05) is 11.3 Å². The van der Waals surface area contributed by atoms with Gasteiger partial charge in [-0.25, -0.2) is 0 Å². The van der Waals surface area contributed by atoms with Gasteiger partial charge in [-0.1, -0.05) is 30.3 Å². The maximum atomic E-state index is 2.39. The average molecular weight is 393 g/mol. The fourth-order valence-electron chi connectivity index (χ4n) is 3.91. The van der Waals surface area contributed by atoms with Crippen molar-refractivity contribution in [1.29, 1.82) is 0 Å². The van der Waals surface area contributed by atoms with Gasteiger partial charge in [-0.2, -0.15) is 0 Å². The van der Waals surface area contributed by atoms with Crippen molar-refractivity contribution in [2.75, 3.05) is 36.0 Å². The van der Waals surface area contributed by atoms with Crippen LogP contribution in [0, 0.1) is 0 Å². The summed E-state index contributed by atoms with van der Waals surface area (Å²) in [6.45, 7) is 13.0. The molecule has 2 aromatic carbocycles. The van der Waals surface area contributed by atoms with Crippen molar-refractivity contribution in [1.82, 2.24) is 0 Å². The second-order valence-corrected chi connectivity index (χ2v) is 7.96. The zero-order valence-corrected chi connectivity index (χ0v) is 18.4. The minimum Gasteiger partial charge on any atom is -0.372 e. The lowest BCUT2D eigenvalue weighted by molar-refractivity contribution is 0.863. The molecule has 0 aliphatic heterocycles. The third-order valence-electron chi connectivity index (χ3n) is 5.54. The van der Waals surface area contributed by atoms with Crippen LogP contribution in [0.4, 0.5) is 11.4 Å². The Morgan fingerprint density at radius 3 is 1.39 bits per heavy atom. The summed E-state index contributed by atoms with van der Waals surface area (Å²) in [6.07, 6.45) is 0. The molecule has 0 spiro atoms. The van der Waals surface area contributed by atoms with E-state index in [1.165, 1.54) is 27.4 Å². The Hall–Kier alpha value is -2.26. The molecular formula is C25H32N2S. The molecule has 0 saturated carbocycles. The van der Waals surface area contributed by atoms with E-state index in [0.29, 0.717) is 0 Å². The highest BCUT2D eigenvalue weighted by Gasteiger charge is 2.18. The summed E-state index contributed by atoms with van der Waals surface area (Å²) in [5, 5.41) is 2.18. The van der Waals surface area contributed by atoms with Crippen LogP contribution in [0.3, 0.4) is 0 Å². The quantitative estimate of drug-likeness (QED) is 0.404. The third-order valence-corrected chi connectivity index (χ3v) is 6.47. The van der Waals surface area contributed by atoms with Crippen LogP contribution in [0.5, 0.6) is 0 Å². The molecule has 0 fully saturated rings. The Bertz CT molecular complexity index is 758. The molecule has 3 aromatic rings. The molecule has 3 rings (SSSR count). The van der Waals surface area contributed by atoms with Gasteiger partial charge in [0.15, 0.2) is 0 Å². The highest BCUT2D eigenvalue weighted by atomic mass is 32.1. The summed E-state index contributed by atoms with van der Waals surface area (Å²) in [5.41, 5.74) is 5.31. The van der Waals surface area contributed by atoms with E-state index in [1.54, 1.807) is 0 Å². The minimum absolute atomic E-state index is 0.288. The van der Waals surface area contributed by atoms with Crippen molar-refractivity contribution in [3.8, 4) is 0 Å². The number of anilines is 2. The lowest BCUT2D eigenvalue weighted by atomic mass is 9.89. The Balaban J connectivity index is 1.95. The Morgan fingerprint density at radius 1 is 0.643 bits per heavy atom. The molecule has 0 N–H and O–H groups in total.